The molecule has 6 heteroatoms. The highest BCUT2D eigenvalue weighted by atomic mass is 19.4. The summed E-state index contributed by atoms with van der Waals surface area (Å²) in [6.07, 6.45) is -4.53. The third-order valence-electron chi connectivity index (χ3n) is 2.32. The Labute approximate surface area is 94.5 Å². The normalized spacial score (nSPS) is 11.8. The van der Waals surface area contributed by atoms with Crippen LogP contribution in [-0.4, -0.2) is 9.78 Å². The van der Waals surface area contributed by atoms with Gasteiger partial charge >= 0.3 is 6.18 Å². The van der Waals surface area contributed by atoms with Crippen LogP contribution in [0.3, 0.4) is 0 Å². The number of alkyl halides is 3. The van der Waals surface area contributed by atoms with Crippen LogP contribution in [-0.2, 0) is 13.2 Å². The Bertz CT molecular complexity index is 543. The van der Waals surface area contributed by atoms with E-state index in [1.807, 2.05) is 0 Å². The van der Waals surface area contributed by atoms with E-state index in [4.69, 9.17) is 0 Å². The standard InChI is InChI=1S/C11H8F4N2/c1-17-9(6-10(16-17)11(13,14)15)7-4-2-3-5-8(7)12/h2-6H,1H3. The van der Waals surface area contributed by atoms with Gasteiger partial charge in [0.05, 0.1) is 5.69 Å². The van der Waals surface area contributed by atoms with Gasteiger partial charge in [-0.15, -0.1) is 0 Å². The number of hydrogen-bond acceptors (Lipinski definition) is 1. The molecule has 0 saturated heterocycles. The Morgan fingerprint density at radius 2 is 1.82 bits per heavy atom. The number of benzene rings is 1. The minimum atomic E-state index is -4.53. The van der Waals surface area contributed by atoms with Crippen molar-refractivity contribution in [2.75, 3.05) is 0 Å². The van der Waals surface area contributed by atoms with Crippen molar-refractivity contribution < 1.29 is 17.6 Å². The molecule has 0 fully saturated rings. The van der Waals surface area contributed by atoms with E-state index in [1.165, 1.54) is 25.2 Å². The molecule has 0 atom stereocenters. The molecule has 0 spiro atoms. The highest BCUT2D eigenvalue weighted by Crippen LogP contribution is 2.31. The molecular weight excluding hydrogens is 236 g/mol. The molecule has 0 unspecified atom stereocenters. The summed E-state index contributed by atoms with van der Waals surface area (Å²) in [4.78, 5) is 0. The van der Waals surface area contributed by atoms with Crippen LogP contribution < -0.4 is 0 Å². The molecule has 17 heavy (non-hydrogen) atoms. The summed E-state index contributed by atoms with van der Waals surface area (Å²) in [7, 11) is 1.34. The van der Waals surface area contributed by atoms with Crippen molar-refractivity contribution >= 4 is 0 Å². The summed E-state index contributed by atoms with van der Waals surface area (Å²) in [5, 5.41) is 3.32. The number of aryl methyl sites for hydroxylation is 1. The number of halogens is 4. The summed E-state index contributed by atoms with van der Waals surface area (Å²) >= 11 is 0. The molecule has 1 aromatic carbocycles. The topological polar surface area (TPSA) is 17.8 Å². The second-order valence-electron chi connectivity index (χ2n) is 3.52. The molecule has 0 N–H and O–H groups in total. The molecule has 0 radical (unpaired) electrons. The second-order valence-corrected chi connectivity index (χ2v) is 3.52. The highest BCUT2D eigenvalue weighted by molar-refractivity contribution is 5.60. The zero-order valence-electron chi connectivity index (χ0n) is 8.79. The van der Waals surface area contributed by atoms with E-state index in [0.717, 1.165) is 10.7 Å². The molecule has 2 nitrogen and oxygen atoms in total. The molecule has 1 heterocycles. The lowest BCUT2D eigenvalue weighted by molar-refractivity contribution is -0.141. The maximum atomic E-state index is 13.4. The van der Waals surface area contributed by atoms with Gasteiger partial charge in [0.25, 0.3) is 0 Å². The smallest absolute Gasteiger partial charge is 0.267 e. The minimum Gasteiger partial charge on any atom is -0.267 e. The fraction of sp³-hybridized carbons (Fsp3) is 0.182. The number of hydrogen-bond donors (Lipinski definition) is 0. The first-order valence-electron chi connectivity index (χ1n) is 4.76. The van der Waals surface area contributed by atoms with Gasteiger partial charge in [-0.25, -0.2) is 4.39 Å². The third kappa shape index (κ3) is 2.15. The van der Waals surface area contributed by atoms with Gasteiger partial charge in [0.1, 0.15) is 5.82 Å². The molecule has 0 bridgehead atoms. The summed E-state index contributed by atoms with van der Waals surface area (Å²) in [5.74, 6) is -0.579. The van der Waals surface area contributed by atoms with Gasteiger partial charge in [0.15, 0.2) is 5.69 Å². The van der Waals surface area contributed by atoms with Crippen LogP contribution in [0.5, 0.6) is 0 Å². The first kappa shape index (κ1) is 11.6. The van der Waals surface area contributed by atoms with Gasteiger partial charge in [-0.1, -0.05) is 12.1 Å². The van der Waals surface area contributed by atoms with Crippen LogP contribution in [0.4, 0.5) is 17.6 Å². The van der Waals surface area contributed by atoms with Gasteiger partial charge in [-0.3, -0.25) is 4.68 Å². The summed E-state index contributed by atoms with van der Waals surface area (Å²) < 4.78 is 51.7. The molecular formula is C11H8F4N2. The molecule has 0 aliphatic rings. The largest absolute Gasteiger partial charge is 0.435 e. The monoisotopic (exact) mass is 244 g/mol. The number of aromatic nitrogens is 2. The van der Waals surface area contributed by atoms with Crippen LogP contribution >= 0.6 is 0 Å². The van der Waals surface area contributed by atoms with E-state index in [0.29, 0.717) is 0 Å². The van der Waals surface area contributed by atoms with Crippen molar-refractivity contribution in [2.24, 2.45) is 7.05 Å². The van der Waals surface area contributed by atoms with Gasteiger partial charge in [0.2, 0.25) is 0 Å². The Morgan fingerprint density at radius 3 is 2.35 bits per heavy atom. The van der Waals surface area contributed by atoms with E-state index in [-0.39, 0.29) is 11.3 Å². The van der Waals surface area contributed by atoms with Gasteiger partial charge in [0, 0.05) is 12.6 Å². The lowest BCUT2D eigenvalue weighted by atomic mass is 10.1. The van der Waals surface area contributed by atoms with Crippen molar-refractivity contribution in [2.45, 2.75) is 6.18 Å². The maximum Gasteiger partial charge on any atom is 0.435 e. The SMILES string of the molecule is Cn1nc(C(F)(F)F)cc1-c1ccccc1F. The number of rotatable bonds is 1. The zero-order valence-corrected chi connectivity index (χ0v) is 8.79. The zero-order chi connectivity index (χ0) is 12.6. The molecule has 1 aromatic heterocycles. The van der Waals surface area contributed by atoms with Crippen LogP contribution in [0.2, 0.25) is 0 Å². The van der Waals surface area contributed by atoms with Crippen LogP contribution in [0.1, 0.15) is 5.69 Å². The third-order valence-corrected chi connectivity index (χ3v) is 2.32. The summed E-state index contributed by atoms with van der Waals surface area (Å²) in [5.41, 5.74) is -0.841. The molecule has 90 valence electrons. The van der Waals surface area contributed by atoms with Crippen molar-refractivity contribution in [3.05, 3.63) is 41.8 Å². The fourth-order valence-corrected chi connectivity index (χ4v) is 1.53. The first-order valence-corrected chi connectivity index (χ1v) is 4.76. The van der Waals surface area contributed by atoms with Crippen LogP contribution in [0, 0.1) is 5.82 Å². The van der Waals surface area contributed by atoms with Gasteiger partial charge < -0.3 is 0 Å². The molecule has 0 aliphatic heterocycles. The quantitative estimate of drug-likeness (QED) is 0.704. The Morgan fingerprint density at radius 1 is 1.18 bits per heavy atom. The van der Waals surface area contributed by atoms with Crippen LogP contribution in [0.15, 0.2) is 30.3 Å². The average molecular weight is 244 g/mol. The second kappa shape index (κ2) is 3.87. The average Bonchev–Trinajstić information content (AvgIpc) is 2.61. The molecule has 0 saturated carbocycles. The minimum absolute atomic E-state index is 0.0930. The van der Waals surface area contributed by atoms with Crippen molar-refractivity contribution in [1.29, 1.82) is 0 Å². The Balaban J connectivity index is 2.55. The number of nitrogens with zero attached hydrogens (tertiary/aromatic N) is 2. The van der Waals surface area contributed by atoms with E-state index >= 15 is 0 Å². The lowest BCUT2D eigenvalue weighted by Crippen LogP contribution is -2.06. The summed E-state index contributed by atoms with van der Waals surface area (Å²) in [6.45, 7) is 0. The Hall–Kier alpha value is -1.85. The predicted octanol–water partition coefficient (Wildman–Crippen LogP) is 3.25. The van der Waals surface area contributed by atoms with Gasteiger partial charge in [-0.05, 0) is 18.2 Å². The maximum absolute atomic E-state index is 13.4. The molecule has 2 aromatic rings. The molecule has 0 amide bonds. The molecule has 2 rings (SSSR count). The van der Waals surface area contributed by atoms with Crippen LogP contribution in [0.25, 0.3) is 11.3 Å². The van der Waals surface area contributed by atoms with E-state index < -0.39 is 17.7 Å². The van der Waals surface area contributed by atoms with Crippen molar-refractivity contribution in [1.82, 2.24) is 9.78 Å². The van der Waals surface area contributed by atoms with E-state index in [1.54, 1.807) is 6.07 Å². The molecule has 0 aliphatic carbocycles. The fourth-order valence-electron chi connectivity index (χ4n) is 1.53. The lowest BCUT2D eigenvalue weighted by Gasteiger charge is -2.02. The van der Waals surface area contributed by atoms with Gasteiger partial charge in [-0.2, -0.15) is 18.3 Å². The van der Waals surface area contributed by atoms with Crippen molar-refractivity contribution in [3.63, 3.8) is 0 Å². The highest BCUT2D eigenvalue weighted by Gasteiger charge is 2.34. The predicted molar refractivity (Wildman–Crippen MR) is 53.6 cm³/mol. The Kier molecular flexibility index (Phi) is 2.65. The first-order chi connectivity index (χ1) is 7.89. The van der Waals surface area contributed by atoms with E-state index in [9.17, 15) is 17.6 Å². The summed E-state index contributed by atoms with van der Waals surface area (Å²) in [6, 6.07) is 6.46. The van der Waals surface area contributed by atoms with E-state index in [2.05, 4.69) is 5.10 Å². The van der Waals surface area contributed by atoms with Crippen molar-refractivity contribution in [3.8, 4) is 11.3 Å².